The number of thioether (sulfide) groups is 1. The summed E-state index contributed by atoms with van der Waals surface area (Å²) >= 11 is 2.63. The second-order valence-electron chi connectivity index (χ2n) is 7.54. The van der Waals surface area contributed by atoms with Gasteiger partial charge < -0.3 is 14.7 Å². The monoisotopic (exact) mass is 498 g/mol. The number of alkyl halides is 3. The highest BCUT2D eigenvalue weighted by atomic mass is 32.2. The zero-order chi connectivity index (χ0) is 24.2. The summed E-state index contributed by atoms with van der Waals surface area (Å²) in [7, 11) is 1.86. The number of aliphatic carboxylic acids is 1. The van der Waals surface area contributed by atoms with Crippen molar-refractivity contribution in [3.63, 3.8) is 0 Å². The largest absolute Gasteiger partial charge is 0.573 e. The third-order valence-corrected chi connectivity index (χ3v) is 6.69. The lowest BCUT2D eigenvalue weighted by molar-refractivity contribution is -0.274. The molecule has 3 rings (SSSR count). The molecule has 0 saturated heterocycles. The number of carboxylic acids is 1. The molecule has 0 aliphatic heterocycles. The standard InChI is InChI=1S/C21H21F3N4O3S2/c1-20(2,18(29)30)33-19-25-14(12-32-19)10-11-28(3)17-9-8-16(26-27-17)13-4-6-15(7-5-13)31-21(22,23)24/h4-9,12H,10-11H2,1-3H3,(H,29,30). The lowest BCUT2D eigenvalue weighted by Crippen LogP contribution is -2.26. The summed E-state index contributed by atoms with van der Waals surface area (Å²) in [5.74, 6) is -0.560. The Morgan fingerprint density at radius 1 is 1.15 bits per heavy atom. The molecule has 0 spiro atoms. The fraction of sp³-hybridized carbons (Fsp3) is 0.333. The number of halogens is 3. The van der Waals surface area contributed by atoms with Gasteiger partial charge in [-0.2, -0.15) is 0 Å². The van der Waals surface area contributed by atoms with Gasteiger partial charge in [0.05, 0.1) is 11.4 Å². The first-order valence-corrected chi connectivity index (χ1v) is 11.4. The van der Waals surface area contributed by atoms with E-state index in [-0.39, 0.29) is 5.75 Å². The predicted octanol–water partition coefficient (Wildman–Crippen LogP) is 5.13. The number of carbonyl (C=O) groups is 1. The molecule has 2 heterocycles. The Balaban J connectivity index is 1.56. The van der Waals surface area contributed by atoms with Crippen molar-refractivity contribution in [3.05, 3.63) is 47.5 Å². The smallest absolute Gasteiger partial charge is 0.480 e. The van der Waals surface area contributed by atoms with E-state index in [0.717, 1.165) is 5.69 Å². The van der Waals surface area contributed by atoms with Gasteiger partial charge in [0.1, 0.15) is 10.5 Å². The Hall–Kier alpha value is -2.86. The zero-order valence-corrected chi connectivity index (χ0v) is 19.6. The second-order valence-corrected chi connectivity index (χ2v) is 10.3. The summed E-state index contributed by atoms with van der Waals surface area (Å²) in [6, 6.07) is 8.94. The zero-order valence-electron chi connectivity index (χ0n) is 18.0. The number of ether oxygens (including phenoxy) is 1. The van der Waals surface area contributed by atoms with E-state index in [0.29, 0.717) is 34.4 Å². The first kappa shape index (κ1) is 24.8. The van der Waals surface area contributed by atoms with E-state index in [9.17, 15) is 23.1 Å². The van der Waals surface area contributed by atoms with Gasteiger partial charge in [0.15, 0.2) is 10.2 Å². The molecule has 7 nitrogen and oxygen atoms in total. The van der Waals surface area contributed by atoms with Crippen LogP contribution in [0.25, 0.3) is 11.3 Å². The van der Waals surface area contributed by atoms with Crippen molar-refractivity contribution in [2.24, 2.45) is 0 Å². The minimum absolute atomic E-state index is 0.300. The van der Waals surface area contributed by atoms with E-state index >= 15 is 0 Å². The van der Waals surface area contributed by atoms with Gasteiger partial charge in [0.25, 0.3) is 0 Å². The first-order valence-electron chi connectivity index (χ1n) is 9.71. The molecule has 0 amide bonds. The van der Waals surface area contributed by atoms with E-state index < -0.39 is 17.1 Å². The quantitative estimate of drug-likeness (QED) is 0.406. The Kier molecular flexibility index (Phi) is 7.48. The molecule has 2 aromatic heterocycles. The average molecular weight is 499 g/mol. The van der Waals surface area contributed by atoms with Crippen molar-refractivity contribution in [3.8, 4) is 17.0 Å². The fourth-order valence-electron chi connectivity index (χ4n) is 2.62. The molecule has 0 radical (unpaired) electrons. The van der Waals surface area contributed by atoms with Crippen LogP contribution in [0, 0.1) is 0 Å². The summed E-state index contributed by atoms with van der Waals surface area (Å²) in [5.41, 5.74) is 2.00. The van der Waals surface area contributed by atoms with Crippen LogP contribution >= 0.6 is 23.1 Å². The summed E-state index contributed by atoms with van der Waals surface area (Å²) in [5, 5.41) is 19.5. The summed E-state index contributed by atoms with van der Waals surface area (Å²) in [6.07, 6.45) is -4.09. The van der Waals surface area contributed by atoms with E-state index in [1.54, 1.807) is 26.0 Å². The number of hydrogen-bond acceptors (Lipinski definition) is 8. The number of carboxylic acid groups (broad SMARTS) is 1. The lowest BCUT2D eigenvalue weighted by atomic mass is 10.1. The molecular weight excluding hydrogens is 477 g/mol. The van der Waals surface area contributed by atoms with Crippen LogP contribution in [-0.4, -0.2) is 51.0 Å². The molecule has 0 aliphatic rings. The maximum atomic E-state index is 12.3. The van der Waals surface area contributed by atoms with Crippen molar-refractivity contribution in [1.29, 1.82) is 0 Å². The Labute approximate surface area is 196 Å². The Bertz CT molecular complexity index is 1090. The number of aromatic nitrogens is 3. The van der Waals surface area contributed by atoms with Gasteiger partial charge in [-0.05, 0) is 50.2 Å². The molecule has 0 unspecified atom stereocenters. The molecular formula is C21H21F3N4O3S2. The van der Waals surface area contributed by atoms with Crippen molar-refractivity contribution in [2.75, 3.05) is 18.5 Å². The fourth-order valence-corrected chi connectivity index (χ4v) is 4.84. The van der Waals surface area contributed by atoms with Crippen LogP contribution in [-0.2, 0) is 11.2 Å². The van der Waals surface area contributed by atoms with Crippen LogP contribution in [0.15, 0.2) is 46.1 Å². The number of rotatable bonds is 9. The van der Waals surface area contributed by atoms with Gasteiger partial charge in [0.2, 0.25) is 0 Å². The summed E-state index contributed by atoms with van der Waals surface area (Å²) < 4.78 is 40.5. The topological polar surface area (TPSA) is 88.4 Å². The minimum atomic E-state index is -4.73. The highest BCUT2D eigenvalue weighted by Crippen LogP contribution is 2.34. The van der Waals surface area contributed by atoms with Crippen molar-refractivity contribution in [2.45, 2.75) is 35.7 Å². The van der Waals surface area contributed by atoms with Gasteiger partial charge in [0, 0.05) is 31.0 Å². The SMILES string of the molecule is CN(CCc1csc(SC(C)(C)C(=O)O)n1)c1ccc(-c2ccc(OC(F)(F)F)cc2)nn1. The normalized spacial score (nSPS) is 11.9. The maximum Gasteiger partial charge on any atom is 0.573 e. The van der Waals surface area contributed by atoms with Crippen LogP contribution in [0.4, 0.5) is 19.0 Å². The number of thiazole rings is 1. The Morgan fingerprint density at radius 3 is 2.42 bits per heavy atom. The number of nitrogens with zero attached hydrogens (tertiary/aromatic N) is 4. The molecule has 0 fully saturated rings. The first-order chi connectivity index (χ1) is 15.4. The third-order valence-electron chi connectivity index (χ3n) is 4.52. The predicted molar refractivity (Wildman–Crippen MR) is 121 cm³/mol. The van der Waals surface area contributed by atoms with Crippen molar-refractivity contribution < 1.29 is 27.8 Å². The molecule has 0 atom stereocenters. The highest BCUT2D eigenvalue weighted by molar-refractivity contribution is 8.02. The Morgan fingerprint density at radius 2 is 1.85 bits per heavy atom. The van der Waals surface area contributed by atoms with Gasteiger partial charge >= 0.3 is 12.3 Å². The van der Waals surface area contributed by atoms with Gasteiger partial charge in [-0.1, -0.05) is 11.8 Å². The molecule has 1 aromatic carbocycles. The summed E-state index contributed by atoms with van der Waals surface area (Å²) in [4.78, 5) is 17.7. The molecule has 3 aromatic rings. The van der Waals surface area contributed by atoms with E-state index in [4.69, 9.17) is 0 Å². The van der Waals surface area contributed by atoms with Crippen LogP contribution in [0.1, 0.15) is 19.5 Å². The van der Waals surface area contributed by atoms with Crippen molar-refractivity contribution >= 4 is 34.9 Å². The molecule has 0 aliphatic carbocycles. The lowest BCUT2D eigenvalue weighted by Gasteiger charge is -2.17. The van der Waals surface area contributed by atoms with Crippen LogP contribution in [0.2, 0.25) is 0 Å². The second kappa shape index (κ2) is 9.96. The average Bonchev–Trinajstić information content (AvgIpc) is 3.18. The minimum Gasteiger partial charge on any atom is -0.480 e. The number of hydrogen-bond donors (Lipinski definition) is 1. The maximum absolute atomic E-state index is 12.3. The van der Waals surface area contributed by atoms with Gasteiger partial charge in [-0.3, -0.25) is 4.79 Å². The summed E-state index contributed by atoms with van der Waals surface area (Å²) in [6.45, 7) is 3.90. The van der Waals surface area contributed by atoms with Crippen LogP contribution in [0.3, 0.4) is 0 Å². The third kappa shape index (κ3) is 7.06. The van der Waals surface area contributed by atoms with Gasteiger partial charge in [-0.25, -0.2) is 4.98 Å². The van der Waals surface area contributed by atoms with E-state index in [1.165, 1.54) is 47.4 Å². The number of likely N-dealkylation sites (N-methyl/N-ethyl adjacent to an activating group) is 1. The number of anilines is 1. The van der Waals surface area contributed by atoms with Crippen LogP contribution in [0.5, 0.6) is 5.75 Å². The molecule has 0 bridgehead atoms. The molecule has 33 heavy (non-hydrogen) atoms. The molecule has 12 heteroatoms. The number of benzene rings is 1. The molecule has 176 valence electrons. The van der Waals surface area contributed by atoms with E-state index in [1.807, 2.05) is 17.3 Å². The van der Waals surface area contributed by atoms with Gasteiger partial charge in [-0.15, -0.1) is 34.7 Å². The van der Waals surface area contributed by atoms with E-state index in [2.05, 4.69) is 19.9 Å². The van der Waals surface area contributed by atoms with Crippen molar-refractivity contribution in [1.82, 2.24) is 15.2 Å². The van der Waals surface area contributed by atoms with Crippen LogP contribution < -0.4 is 9.64 Å². The molecule has 0 saturated carbocycles. The highest BCUT2D eigenvalue weighted by Gasteiger charge is 2.31. The molecule has 1 N–H and O–H groups in total.